The van der Waals surface area contributed by atoms with Crippen LogP contribution in [0.15, 0.2) is 89.5 Å². The molecule has 0 atom stereocenters. The van der Waals surface area contributed by atoms with E-state index in [-0.39, 0.29) is 0 Å². The minimum absolute atomic E-state index is 0.369. The van der Waals surface area contributed by atoms with Crippen LogP contribution in [0.1, 0.15) is 17.1 Å². The number of aryl methyl sites for hydroxylation is 1. The normalized spacial score (nSPS) is 10.9. The molecule has 0 fully saturated rings. The van der Waals surface area contributed by atoms with E-state index in [4.69, 9.17) is 9.15 Å². The van der Waals surface area contributed by atoms with Crippen LogP contribution in [0.3, 0.4) is 0 Å². The van der Waals surface area contributed by atoms with Gasteiger partial charge in [-0.15, -0.1) is 15.3 Å². The van der Waals surface area contributed by atoms with Gasteiger partial charge < -0.3 is 9.15 Å². The summed E-state index contributed by atoms with van der Waals surface area (Å²) >= 11 is 0. The summed E-state index contributed by atoms with van der Waals surface area (Å²) in [5.41, 5.74) is 5.29. The van der Waals surface area contributed by atoms with Crippen LogP contribution in [0, 0.1) is 6.92 Å². The van der Waals surface area contributed by atoms with Crippen molar-refractivity contribution < 1.29 is 9.15 Å². The van der Waals surface area contributed by atoms with Crippen molar-refractivity contribution >= 4 is 0 Å². The molecule has 0 saturated heterocycles. The van der Waals surface area contributed by atoms with Crippen molar-refractivity contribution in [2.75, 3.05) is 0 Å². The second kappa shape index (κ2) is 8.85. The van der Waals surface area contributed by atoms with Gasteiger partial charge >= 0.3 is 0 Å². The zero-order valence-electron chi connectivity index (χ0n) is 17.5. The molecular formula is C25H21N5O2. The first-order chi connectivity index (χ1) is 15.7. The van der Waals surface area contributed by atoms with Gasteiger partial charge in [-0.3, -0.25) is 0 Å². The molecule has 0 bridgehead atoms. The lowest BCUT2D eigenvalue weighted by Gasteiger charge is -2.09. The van der Waals surface area contributed by atoms with Gasteiger partial charge in [-0.1, -0.05) is 59.8 Å². The third-order valence-electron chi connectivity index (χ3n) is 5.11. The van der Waals surface area contributed by atoms with Gasteiger partial charge in [-0.05, 0) is 41.0 Å². The van der Waals surface area contributed by atoms with Crippen LogP contribution in [0.5, 0.6) is 5.75 Å². The molecule has 0 saturated carbocycles. The molecule has 32 heavy (non-hydrogen) atoms. The molecule has 5 aromatic rings. The molecule has 0 unspecified atom stereocenters. The van der Waals surface area contributed by atoms with Crippen LogP contribution in [0.25, 0.3) is 22.6 Å². The summed E-state index contributed by atoms with van der Waals surface area (Å²) in [7, 11) is 0. The maximum absolute atomic E-state index is 5.93. The fraction of sp³-hybridized carbons (Fsp3) is 0.120. The summed E-state index contributed by atoms with van der Waals surface area (Å²) in [4.78, 5) is 0. The molecule has 2 heterocycles. The molecule has 0 aliphatic carbocycles. The Bertz CT molecular complexity index is 1290. The predicted octanol–water partition coefficient (Wildman–Crippen LogP) is 4.93. The Kier molecular flexibility index (Phi) is 5.45. The smallest absolute Gasteiger partial charge is 0.247 e. The Morgan fingerprint density at radius 2 is 1.53 bits per heavy atom. The SMILES string of the molecule is Cc1nnc(-c2ccc(OCc3cnnn3Cc3ccc(-c4ccccc4)cc3)cc2)o1. The maximum Gasteiger partial charge on any atom is 0.247 e. The fourth-order valence-corrected chi connectivity index (χ4v) is 3.39. The van der Waals surface area contributed by atoms with E-state index in [1.807, 2.05) is 47.1 Å². The minimum Gasteiger partial charge on any atom is -0.487 e. The Morgan fingerprint density at radius 1 is 0.812 bits per heavy atom. The molecule has 0 spiro atoms. The molecule has 0 aliphatic heterocycles. The van der Waals surface area contributed by atoms with E-state index < -0.39 is 0 Å². The van der Waals surface area contributed by atoms with Crippen LogP contribution >= 0.6 is 0 Å². The minimum atomic E-state index is 0.369. The summed E-state index contributed by atoms with van der Waals surface area (Å²) in [5, 5.41) is 16.2. The van der Waals surface area contributed by atoms with Gasteiger partial charge in [0.15, 0.2) is 0 Å². The lowest BCUT2D eigenvalue weighted by Crippen LogP contribution is -2.09. The van der Waals surface area contributed by atoms with Gasteiger partial charge in [0.25, 0.3) is 0 Å². The zero-order valence-corrected chi connectivity index (χ0v) is 17.5. The summed E-state index contributed by atoms with van der Waals surface area (Å²) in [5.74, 6) is 1.77. The summed E-state index contributed by atoms with van der Waals surface area (Å²) in [6.45, 7) is 2.76. The lowest BCUT2D eigenvalue weighted by molar-refractivity contribution is 0.293. The summed E-state index contributed by atoms with van der Waals surface area (Å²) in [6, 6.07) is 26.4. The largest absolute Gasteiger partial charge is 0.487 e. The van der Waals surface area contributed by atoms with E-state index in [9.17, 15) is 0 Å². The number of aromatic nitrogens is 5. The Balaban J connectivity index is 1.22. The van der Waals surface area contributed by atoms with Gasteiger partial charge in [-0.25, -0.2) is 4.68 Å². The fourth-order valence-electron chi connectivity index (χ4n) is 3.39. The zero-order chi connectivity index (χ0) is 21.8. The van der Waals surface area contributed by atoms with Crippen LogP contribution < -0.4 is 4.74 Å². The van der Waals surface area contributed by atoms with Crippen LogP contribution in [0.2, 0.25) is 0 Å². The van der Waals surface area contributed by atoms with E-state index in [0.29, 0.717) is 24.9 Å². The average molecular weight is 423 g/mol. The molecule has 7 nitrogen and oxygen atoms in total. The molecular weight excluding hydrogens is 402 g/mol. The molecule has 2 aromatic heterocycles. The topological polar surface area (TPSA) is 78.9 Å². The Morgan fingerprint density at radius 3 is 2.25 bits per heavy atom. The van der Waals surface area contributed by atoms with Crippen molar-refractivity contribution in [2.45, 2.75) is 20.1 Å². The second-order valence-electron chi connectivity index (χ2n) is 7.39. The number of hydrogen-bond donors (Lipinski definition) is 0. The van der Waals surface area contributed by atoms with Gasteiger partial charge in [0.1, 0.15) is 12.4 Å². The van der Waals surface area contributed by atoms with E-state index in [0.717, 1.165) is 22.6 Å². The highest BCUT2D eigenvalue weighted by Gasteiger charge is 2.09. The molecule has 5 rings (SSSR count). The highest BCUT2D eigenvalue weighted by molar-refractivity contribution is 5.63. The second-order valence-corrected chi connectivity index (χ2v) is 7.39. The summed E-state index contributed by atoms with van der Waals surface area (Å²) < 4.78 is 13.2. The molecule has 7 heteroatoms. The Hall–Kier alpha value is -4.26. The molecule has 158 valence electrons. The van der Waals surface area contributed by atoms with Gasteiger partial charge in [-0.2, -0.15) is 0 Å². The van der Waals surface area contributed by atoms with Crippen molar-refractivity contribution in [1.29, 1.82) is 0 Å². The first-order valence-corrected chi connectivity index (χ1v) is 10.3. The van der Waals surface area contributed by atoms with Crippen molar-refractivity contribution in [3.63, 3.8) is 0 Å². The first kappa shape index (κ1) is 19.7. The van der Waals surface area contributed by atoms with Crippen LogP contribution in [-0.2, 0) is 13.2 Å². The standard InChI is InChI=1S/C25H21N5O2/c1-18-27-28-25(32-18)22-11-13-24(14-12-22)31-17-23-15-26-29-30(23)16-19-7-9-21(10-8-19)20-5-3-2-4-6-20/h2-15H,16-17H2,1H3. The number of benzene rings is 3. The van der Waals surface area contributed by atoms with E-state index in [1.165, 1.54) is 11.1 Å². The van der Waals surface area contributed by atoms with Crippen molar-refractivity contribution in [1.82, 2.24) is 25.2 Å². The highest BCUT2D eigenvalue weighted by Crippen LogP contribution is 2.22. The van der Waals surface area contributed by atoms with Crippen LogP contribution in [-0.4, -0.2) is 25.2 Å². The molecule has 3 aromatic carbocycles. The third-order valence-corrected chi connectivity index (χ3v) is 5.11. The first-order valence-electron chi connectivity index (χ1n) is 10.3. The third kappa shape index (κ3) is 4.41. The molecule has 0 radical (unpaired) electrons. The number of ether oxygens (including phenoxy) is 1. The van der Waals surface area contributed by atoms with E-state index in [2.05, 4.69) is 56.9 Å². The van der Waals surface area contributed by atoms with Gasteiger partial charge in [0, 0.05) is 12.5 Å². The van der Waals surface area contributed by atoms with Crippen LogP contribution in [0.4, 0.5) is 0 Å². The average Bonchev–Trinajstić information content (AvgIpc) is 3.48. The number of nitrogens with zero attached hydrogens (tertiary/aromatic N) is 5. The van der Waals surface area contributed by atoms with Gasteiger partial charge in [0.2, 0.25) is 11.8 Å². The van der Waals surface area contributed by atoms with Gasteiger partial charge in [0.05, 0.1) is 18.4 Å². The highest BCUT2D eigenvalue weighted by atomic mass is 16.5. The number of hydrogen-bond acceptors (Lipinski definition) is 6. The lowest BCUT2D eigenvalue weighted by atomic mass is 10.0. The molecule has 0 aliphatic rings. The number of rotatable bonds is 7. The molecule has 0 amide bonds. The van der Waals surface area contributed by atoms with Crippen molar-refractivity contribution in [3.8, 4) is 28.3 Å². The quantitative estimate of drug-likeness (QED) is 0.369. The van der Waals surface area contributed by atoms with E-state index in [1.54, 1.807) is 13.1 Å². The summed E-state index contributed by atoms with van der Waals surface area (Å²) in [6.07, 6.45) is 1.73. The monoisotopic (exact) mass is 423 g/mol. The van der Waals surface area contributed by atoms with E-state index >= 15 is 0 Å². The maximum atomic E-state index is 5.93. The van der Waals surface area contributed by atoms with Crippen molar-refractivity contribution in [2.24, 2.45) is 0 Å². The van der Waals surface area contributed by atoms with Crippen molar-refractivity contribution in [3.05, 3.63) is 102 Å². The predicted molar refractivity (Wildman–Crippen MR) is 120 cm³/mol. The Labute approximate surface area is 185 Å². The molecule has 0 N–H and O–H groups in total.